The summed E-state index contributed by atoms with van der Waals surface area (Å²) in [6, 6.07) is 49.2. The third-order valence-corrected chi connectivity index (χ3v) is 7.60. The zero-order valence-corrected chi connectivity index (χ0v) is 23.1. The molecular weight excluding hydrogens is 516 g/mol. The lowest BCUT2D eigenvalue weighted by atomic mass is 9.77. The van der Waals surface area contributed by atoms with E-state index in [2.05, 4.69) is 77.8 Å². The molecule has 0 atom stereocenters. The van der Waals surface area contributed by atoms with E-state index in [0.29, 0.717) is 11.7 Å². The largest absolute Gasteiger partial charge is 0.496 e. The van der Waals surface area contributed by atoms with E-state index in [1.54, 1.807) is 7.11 Å². The van der Waals surface area contributed by atoms with Crippen molar-refractivity contribution in [2.45, 2.75) is 5.54 Å². The van der Waals surface area contributed by atoms with Gasteiger partial charge in [0.15, 0.2) is 17.2 Å². The Balaban J connectivity index is 1.50. The molecule has 6 aromatic rings. The normalized spacial score (nSPS) is 13.8. The molecular formula is C37H28N4O. The Labute approximate surface area is 245 Å². The SMILES string of the molecule is COc1ccccc1-c1[nH]c(C2=NC(c3ccccc3)(c3ccccc3)C(c3ccccc3)=N2)nc1-c1ccccc1. The molecule has 0 saturated carbocycles. The van der Waals surface area contributed by atoms with Crippen molar-refractivity contribution >= 4 is 11.5 Å². The highest BCUT2D eigenvalue weighted by atomic mass is 16.5. The molecule has 7 rings (SSSR count). The van der Waals surface area contributed by atoms with Crippen LogP contribution in [-0.4, -0.2) is 28.6 Å². The highest BCUT2D eigenvalue weighted by molar-refractivity contribution is 6.21. The molecule has 1 N–H and O–H groups in total. The summed E-state index contributed by atoms with van der Waals surface area (Å²) in [5.74, 6) is 1.89. The number of aromatic amines is 1. The first-order valence-electron chi connectivity index (χ1n) is 13.9. The van der Waals surface area contributed by atoms with Crippen LogP contribution < -0.4 is 4.74 Å². The number of methoxy groups -OCH3 is 1. The van der Waals surface area contributed by atoms with Crippen molar-refractivity contribution in [3.05, 3.63) is 168 Å². The summed E-state index contributed by atoms with van der Waals surface area (Å²) in [5, 5.41) is 0. The monoisotopic (exact) mass is 544 g/mol. The molecule has 0 fully saturated rings. The predicted molar refractivity (Wildman–Crippen MR) is 169 cm³/mol. The van der Waals surface area contributed by atoms with E-state index < -0.39 is 5.54 Å². The number of nitrogens with one attached hydrogen (secondary N) is 1. The van der Waals surface area contributed by atoms with Crippen LogP contribution in [0.5, 0.6) is 5.75 Å². The maximum Gasteiger partial charge on any atom is 0.193 e. The van der Waals surface area contributed by atoms with Gasteiger partial charge in [-0.05, 0) is 28.8 Å². The van der Waals surface area contributed by atoms with E-state index >= 15 is 0 Å². The Kier molecular flexibility index (Phi) is 6.53. The Morgan fingerprint density at radius 1 is 0.595 bits per heavy atom. The maximum absolute atomic E-state index is 5.74. The van der Waals surface area contributed by atoms with E-state index in [9.17, 15) is 0 Å². The molecule has 5 nitrogen and oxygen atoms in total. The molecule has 0 bridgehead atoms. The minimum absolute atomic E-state index is 0.542. The van der Waals surface area contributed by atoms with Crippen LogP contribution >= 0.6 is 0 Å². The molecule has 1 aliphatic rings. The van der Waals surface area contributed by atoms with Gasteiger partial charge in [-0.25, -0.2) is 15.0 Å². The van der Waals surface area contributed by atoms with Crippen LogP contribution in [0, 0.1) is 0 Å². The summed E-state index contributed by atoms with van der Waals surface area (Å²) in [6.45, 7) is 0. The van der Waals surface area contributed by atoms with Crippen LogP contribution in [0.1, 0.15) is 22.5 Å². The van der Waals surface area contributed by atoms with Crippen LogP contribution in [0.4, 0.5) is 0 Å². The number of benzene rings is 5. The van der Waals surface area contributed by atoms with E-state index in [0.717, 1.165) is 50.7 Å². The highest BCUT2D eigenvalue weighted by Crippen LogP contribution is 2.43. The predicted octanol–water partition coefficient (Wildman–Crippen LogP) is 7.95. The van der Waals surface area contributed by atoms with Crippen molar-refractivity contribution in [3.8, 4) is 28.3 Å². The lowest BCUT2D eigenvalue weighted by Crippen LogP contribution is -2.33. The quantitative estimate of drug-likeness (QED) is 0.222. The van der Waals surface area contributed by atoms with Gasteiger partial charge in [-0.15, -0.1) is 0 Å². The minimum atomic E-state index is -0.858. The second-order valence-corrected chi connectivity index (χ2v) is 10.1. The van der Waals surface area contributed by atoms with E-state index in [4.69, 9.17) is 19.7 Å². The molecule has 0 spiro atoms. The number of aliphatic imine (C=N–C) groups is 2. The molecule has 2 heterocycles. The van der Waals surface area contributed by atoms with E-state index in [1.165, 1.54) is 0 Å². The fourth-order valence-electron chi connectivity index (χ4n) is 5.66. The van der Waals surface area contributed by atoms with Gasteiger partial charge in [-0.2, -0.15) is 0 Å². The van der Waals surface area contributed by atoms with Crippen molar-refractivity contribution in [2.24, 2.45) is 9.98 Å². The van der Waals surface area contributed by atoms with Crippen molar-refractivity contribution < 1.29 is 4.74 Å². The first-order valence-corrected chi connectivity index (χ1v) is 13.9. The molecule has 1 aliphatic heterocycles. The summed E-state index contributed by atoms with van der Waals surface area (Å²) in [6.07, 6.45) is 0. The van der Waals surface area contributed by atoms with Crippen molar-refractivity contribution in [1.82, 2.24) is 9.97 Å². The average Bonchev–Trinajstić information content (AvgIpc) is 3.70. The summed E-state index contributed by atoms with van der Waals surface area (Å²) in [4.78, 5) is 19.5. The molecule has 5 heteroatoms. The zero-order chi connectivity index (χ0) is 28.4. The smallest absolute Gasteiger partial charge is 0.193 e. The Morgan fingerprint density at radius 2 is 1.12 bits per heavy atom. The van der Waals surface area contributed by atoms with Gasteiger partial charge < -0.3 is 9.72 Å². The summed E-state index contributed by atoms with van der Waals surface area (Å²) >= 11 is 0. The number of aromatic nitrogens is 2. The molecule has 0 aliphatic carbocycles. The van der Waals surface area contributed by atoms with Gasteiger partial charge >= 0.3 is 0 Å². The first-order chi connectivity index (χ1) is 20.8. The second-order valence-electron chi connectivity index (χ2n) is 10.1. The first kappa shape index (κ1) is 25.4. The van der Waals surface area contributed by atoms with Gasteiger partial charge in [0.25, 0.3) is 0 Å². The number of H-pyrrole nitrogens is 1. The number of para-hydroxylation sites is 1. The van der Waals surface area contributed by atoms with Gasteiger partial charge in [0.1, 0.15) is 5.75 Å². The Morgan fingerprint density at radius 3 is 1.71 bits per heavy atom. The van der Waals surface area contributed by atoms with Crippen molar-refractivity contribution in [3.63, 3.8) is 0 Å². The standard InChI is InChI=1S/C37H28N4O/c1-42-31-25-15-14-24-30(31)33-32(26-16-6-2-7-17-26)38-35(39-33)36-40-34(27-18-8-3-9-19-27)37(41-36,28-20-10-4-11-21-28)29-22-12-5-13-23-29/h2-25H,1H3,(H,38,39). The van der Waals surface area contributed by atoms with E-state index in [1.807, 2.05) is 72.8 Å². The number of imidazole rings is 1. The lowest BCUT2D eigenvalue weighted by molar-refractivity contribution is 0.416. The molecule has 0 amide bonds. The fraction of sp³-hybridized carbons (Fsp3) is 0.0541. The molecule has 202 valence electrons. The molecule has 5 aromatic carbocycles. The maximum atomic E-state index is 5.74. The number of rotatable bonds is 7. The average molecular weight is 545 g/mol. The van der Waals surface area contributed by atoms with Crippen LogP contribution in [0.3, 0.4) is 0 Å². The van der Waals surface area contributed by atoms with Crippen LogP contribution in [0.2, 0.25) is 0 Å². The van der Waals surface area contributed by atoms with Crippen LogP contribution in [0.25, 0.3) is 22.5 Å². The van der Waals surface area contributed by atoms with Crippen LogP contribution in [0.15, 0.2) is 156 Å². The lowest BCUT2D eigenvalue weighted by Gasteiger charge is -2.29. The van der Waals surface area contributed by atoms with Crippen molar-refractivity contribution in [2.75, 3.05) is 7.11 Å². The molecule has 0 radical (unpaired) electrons. The van der Waals surface area contributed by atoms with Gasteiger partial charge in [0.05, 0.1) is 24.2 Å². The molecule has 0 unspecified atom stereocenters. The molecule has 0 saturated heterocycles. The molecule has 42 heavy (non-hydrogen) atoms. The summed E-state index contributed by atoms with van der Waals surface area (Å²) in [7, 11) is 1.68. The third kappa shape index (κ3) is 4.32. The number of hydrogen-bond acceptors (Lipinski definition) is 4. The minimum Gasteiger partial charge on any atom is -0.496 e. The Bertz CT molecular complexity index is 1850. The van der Waals surface area contributed by atoms with Gasteiger partial charge in [0, 0.05) is 11.1 Å². The van der Waals surface area contributed by atoms with Crippen molar-refractivity contribution in [1.29, 1.82) is 0 Å². The topological polar surface area (TPSA) is 62.6 Å². The van der Waals surface area contributed by atoms with Crippen LogP contribution in [-0.2, 0) is 5.54 Å². The molecule has 1 aromatic heterocycles. The number of nitrogens with zero attached hydrogens (tertiary/aromatic N) is 3. The number of amidine groups is 1. The summed E-state index contributed by atoms with van der Waals surface area (Å²) in [5.41, 5.74) is 6.64. The second kappa shape index (κ2) is 10.8. The van der Waals surface area contributed by atoms with Gasteiger partial charge in [0.2, 0.25) is 0 Å². The number of ether oxygens (including phenoxy) is 1. The Hall–Kier alpha value is -5.55. The zero-order valence-electron chi connectivity index (χ0n) is 23.1. The summed E-state index contributed by atoms with van der Waals surface area (Å²) < 4.78 is 5.74. The third-order valence-electron chi connectivity index (χ3n) is 7.60. The van der Waals surface area contributed by atoms with E-state index in [-0.39, 0.29) is 0 Å². The van der Waals surface area contributed by atoms with Gasteiger partial charge in [-0.1, -0.05) is 133 Å². The highest BCUT2D eigenvalue weighted by Gasteiger charge is 2.45. The van der Waals surface area contributed by atoms with Gasteiger partial charge in [-0.3, -0.25) is 0 Å². The fourth-order valence-corrected chi connectivity index (χ4v) is 5.66. The number of hydrogen-bond donors (Lipinski definition) is 1.